The zero-order valence-electron chi connectivity index (χ0n) is 27.8. The molecule has 6 aromatic carbocycles. The van der Waals surface area contributed by atoms with Crippen molar-refractivity contribution in [1.29, 1.82) is 0 Å². The molecule has 0 N–H and O–H groups in total. The topological polar surface area (TPSA) is 67.7 Å². The highest BCUT2D eigenvalue weighted by Gasteiger charge is 2.15. The van der Waals surface area contributed by atoms with E-state index >= 15 is 0 Å². The van der Waals surface area contributed by atoms with Gasteiger partial charge < -0.3 is 4.90 Å². The molecule has 0 saturated heterocycles. The third kappa shape index (κ3) is 5.41. The largest absolute Gasteiger partial charge is 0.311 e. The van der Waals surface area contributed by atoms with Crippen LogP contribution in [0.25, 0.3) is 75.4 Å². The molecule has 0 unspecified atom stereocenters. The van der Waals surface area contributed by atoms with Crippen molar-refractivity contribution < 1.29 is 0 Å². The van der Waals surface area contributed by atoms with Gasteiger partial charge in [-0.05, 0) is 89.0 Å². The minimum Gasteiger partial charge on any atom is -0.311 e. The maximum absolute atomic E-state index is 5.08. The summed E-state index contributed by atoms with van der Waals surface area (Å²) in [7, 11) is 0. The highest BCUT2D eigenvalue weighted by atomic mass is 32.1. The first-order valence-electron chi connectivity index (χ1n) is 17.0. The van der Waals surface area contributed by atoms with Crippen LogP contribution in [0.4, 0.5) is 17.1 Å². The summed E-state index contributed by atoms with van der Waals surface area (Å²) in [5.74, 6) is 0. The number of rotatable bonds is 6. The Balaban J connectivity index is 1.02. The Kier molecular flexibility index (Phi) is 7.22. The molecule has 52 heavy (non-hydrogen) atoms. The number of fused-ring (bicyclic) bond motifs is 5. The molecule has 0 atom stereocenters. The molecule has 0 bridgehead atoms. The Hall–Kier alpha value is -6.83. The summed E-state index contributed by atoms with van der Waals surface area (Å²) >= 11 is 1.74. The first kappa shape index (κ1) is 30.0. The van der Waals surface area contributed by atoms with Crippen LogP contribution in [0.15, 0.2) is 170 Å². The molecule has 244 valence electrons. The van der Waals surface area contributed by atoms with E-state index in [1.54, 1.807) is 23.7 Å². The molecule has 10 rings (SSSR count). The Morgan fingerprint density at radius 3 is 1.42 bits per heavy atom. The third-order valence-electron chi connectivity index (χ3n) is 9.68. The maximum atomic E-state index is 5.08. The summed E-state index contributed by atoms with van der Waals surface area (Å²) in [6.45, 7) is 0. The van der Waals surface area contributed by atoms with Crippen LogP contribution >= 0.6 is 11.3 Å². The average Bonchev–Trinajstić information content (AvgIpc) is 3.59. The molecule has 4 aromatic heterocycles. The lowest BCUT2D eigenvalue weighted by molar-refractivity contribution is 1.05. The molecular formula is C45H28N6S. The Morgan fingerprint density at radius 1 is 0.385 bits per heavy atom. The number of hydrogen-bond acceptors (Lipinski definition) is 7. The van der Waals surface area contributed by atoms with Gasteiger partial charge in [-0.2, -0.15) is 20.4 Å². The second-order valence-corrected chi connectivity index (χ2v) is 13.8. The highest BCUT2D eigenvalue weighted by molar-refractivity contribution is 7.25. The van der Waals surface area contributed by atoms with Crippen molar-refractivity contribution >= 4 is 70.2 Å². The van der Waals surface area contributed by atoms with Gasteiger partial charge in [0.15, 0.2) is 0 Å². The summed E-state index contributed by atoms with van der Waals surface area (Å²) in [5.41, 5.74) is 9.77. The van der Waals surface area contributed by atoms with E-state index in [-0.39, 0.29) is 0 Å². The van der Waals surface area contributed by atoms with Gasteiger partial charge in [0.1, 0.15) is 4.83 Å². The fourth-order valence-electron chi connectivity index (χ4n) is 6.95. The fourth-order valence-corrected chi connectivity index (χ4v) is 8.03. The molecule has 6 nitrogen and oxygen atoms in total. The number of hydrogen-bond donors (Lipinski definition) is 0. The molecule has 0 aliphatic carbocycles. The Labute approximate surface area is 303 Å². The summed E-state index contributed by atoms with van der Waals surface area (Å²) in [5, 5.41) is 22.9. The maximum Gasteiger partial charge on any atom is 0.125 e. The molecular weight excluding hydrogens is 657 g/mol. The van der Waals surface area contributed by atoms with Gasteiger partial charge in [-0.3, -0.25) is 0 Å². The van der Waals surface area contributed by atoms with Crippen LogP contribution in [0.5, 0.6) is 0 Å². The fraction of sp³-hybridized carbons (Fsp3) is 0. The predicted molar refractivity (Wildman–Crippen MR) is 214 cm³/mol. The number of thiophene rings is 1. The molecule has 0 aliphatic rings. The average molecular weight is 685 g/mol. The monoisotopic (exact) mass is 684 g/mol. The van der Waals surface area contributed by atoms with E-state index in [1.807, 2.05) is 12.4 Å². The van der Waals surface area contributed by atoms with Crippen LogP contribution in [-0.2, 0) is 0 Å². The summed E-state index contributed by atoms with van der Waals surface area (Å²) in [4.78, 5) is 8.43. The number of pyridine rings is 1. The van der Waals surface area contributed by atoms with E-state index in [2.05, 4.69) is 171 Å². The van der Waals surface area contributed by atoms with E-state index in [1.165, 1.54) is 15.5 Å². The third-order valence-corrected chi connectivity index (χ3v) is 10.8. The van der Waals surface area contributed by atoms with E-state index in [4.69, 9.17) is 4.98 Å². The quantitative estimate of drug-likeness (QED) is 0.174. The van der Waals surface area contributed by atoms with E-state index < -0.39 is 0 Å². The van der Waals surface area contributed by atoms with Crippen molar-refractivity contribution in [3.8, 4) is 33.5 Å². The van der Waals surface area contributed by atoms with Crippen molar-refractivity contribution in [2.75, 3.05) is 4.90 Å². The van der Waals surface area contributed by atoms with Gasteiger partial charge in [0.2, 0.25) is 0 Å². The predicted octanol–water partition coefficient (Wildman–Crippen LogP) is 11.8. The summed E-state index contributed by atoms with van der Waals surface area (Å²) in [6, 6.07) is 51.8. The van der Waals surface area contributed by atoms with Gasteiger partial charge in [-0.15, -0.1) is 11.3 Å². The first-order valence-corrected chi connectivity index (χ1v) is 17.9. The first-order chi connectivity index (χ1) is 25.7. The van der Waals surface area contributed by atoms with Gasteiger partial charge >= 0.3 is 0 Å². The zero-order chi connectivity index (χ0) is 34.4. The molecule has 10 aromatic rings. The highest BCUT2D eigenvalue weighted by Crippen LogP contribution is 2.39. The van der Waals surface area contributed by atoms with Crippen LogP contribution in [-0.4, -0.2) is 25.4 Å². The second-order valence-electron chi connectivity index (χ2n) is 12.8. The van der Waals surface area contributed by atoms with Crippen LogP contribution in [0, 0.1) is 0 Å². The molecule has 0 saturated carbocycles. The van der Waals surface area contributed by atoms with E-state index in [0.29, 0.717) is 0 Å². The molecule has 0 aliphatic heterocycles. The van der Waals surface area contributed by atoms with Gasteiger partial charge in [0.25, 0.3) is 0 Å². The lowest BCUT2D eigenvalue weighted by Crippen LogP contribution is -2.09. The van der Waals surface area contributed by atoms with Crippen LogP contribution < -0.4 is 4.90 Å². The van der Waals surface area contributed by atoms with E-state index in [0.717, 1.165) is 76.9 Å². The molecule has 0 fully saturated rings. The number of benzene rings is 6. The van der Waals surface area contributed by atoms with Crippen molar-refractivity contribution in [1.82, 2.24) is 25.4 Å². The SMILES string of the molecule is c1ccc2c(c1)sc1nc(-c3ccc(N(c4ccc(-c5ccc6cnncc6c5)cc4)c4ccc(-c5ccc6cnncc6c5)cc4)cc3)ccc12. The minimum absolute atomic E-state index is 0.966. The van der Waals surface area contributed by atoms with Gasteiger partial charge in [-0.25, -0.2) is 4.98 Å². The minimum atomic E-state index is 0.966. The van der Waals surface area contributed by atoms with Crippen molar-refractivity contribution in [2.45, 2.75) is 0 Å². The zero-order valence-corrected chi connectivity index (χ0v) is 28.6. The standard InChI is InChI=1S/C45H28N6S/c1-2-4-44-41(3-1)42-21-22-43(50-45(42)52-44)31-13-19-40(20-14-31)51(38-15-9-29(10-16-38)32-5-7-34-25-46-48-27-36(34)23-32)39-17-11-30(12-18-39)33-6-8-35-26-47-49-28-37(35)24-33/h1-28H. The Morgan fingerprint density at radius 2 is 0.865 bits per heavy atom. The number of nitrogens with zero attached hydrogens (tertiary/aromatic N) is 6. The normalized spacial score (nSPS) is 11.5. The van der Waals surface area contributed by atoms with Crippen molar-refractivity contribution in [3.05, 3.63) is 170 Å². The van der Waals surface area contributed by atoms with Gasteiger partial charge in [-0.1, -0.05) is 78.9 Å². The summed E-state index contributed by atoms with van der Waals surface area (Å²) in [6.07, 6.45) is 7.21. The molecule has 7 heteroatoms. The van der Waals surface area contributed by atoms with Crippen LogP contribution in [0.1, 0.15) is 0 Å². The second kappa shape index (κ2) is 12.5. The molecule has 4 heterocycles. The van der Waals surface area contributed by atoms with Crippen LogP contribution in [0.2, 0.25) is 0 Å². The lowest BCUT2D eigenvalue weighted by Gasteiger charge is -2.26. The smallest absolute Gasteiger partial charge is 0.125 e. The van der Waals surface area contributed by atoms with Crippen molar-refractivity contribution in [3.63, 3.8) is 0 Å². The lowest BCUT2D eigenvalue weighted by atomic mass is 10.0. The van der Waals surface area contributed by atoms with Crippen LogP contribution in [0.3, 0.4) is 0 Å². The Bertz CT molecular complexity index is 2780. The molecule has 0 radical (unpaired) electrons. The molecule has 0 amide bonds. The van der Waals surface area contributed by atoms with Gasteiger partial charge in [0.05, 0.1) is 30.5 Å². The van der Waals surface area contributed by atoms with Crippen molar-refractivity contribution in [2.24, 2.45) is 0 Å². The number of anilines is 3. The summed E-state index contributed by atoms with van der Waals surface area (Å²) < 4.78 is 1.26. The molecule has 0 spiro atoms. The van der Waals surface area contributed by atoms with E-state index in [9.17, 15) is 0 Å². The number of aromatic nitrogens is 5. The van der Waals surface area contributed by atoms with Gasteiger partial charge in [0, 0.05) is 59.6 Å².